The Morgan fingerprint density at radius 3 is 1.82 bits per heavy atom. The molecule has 0 aromatic heterocycles. The zero-order valence-corrected chi connectivity index (χ0v) is 26.9. The second-order valence-electron chi connectivity index (χ2n) is 11.9. The molecule has 0 saturated carbocycles. The molecule has 0 bridgehead atoms. The summed E-state index contributed by atoms with van der Waals surface area (Å²) < 4.78 is 17.2. The molecule has 0 spiro atoms. The Hall–Kier alpha value is -3.90. The first-order valence-corrected chi connectivity index (χ1v) is 17.8. The Kier molecular flexibility index (Phi) is 8.75. The molecule has 1 saturated heterocycles. The molecule has 3 heterocycles. The highest BCUT2D eigenvalue weighted by Crippen LogP contribution is 2.55. The van der Waals surface area contributed by atoms with Crippen molar-refractivity contribution in [2.24, 2.45) is 11.1 Å². The van der Waals surface area contributed by atoms with Crippen LogP contribution in [0.15, 0.2) is 108 Å². The van der Waals surface area contributed by atoms with Gasteiger partial charge in [0.2, 0.25) is 0 Å². The molecule has 3 aliphatic heterocycles. The van der Waals surface area contributed by atoms with Gasteiger partial charge in [-0.15, -0.1) is 0 Å². The Morgan fingerprint density at radius 2 is 1.27 bits per heavy atom. The van der Waals surface area contributed by atoms with E-state index in [0.29, 0.717) is 18.1 Å². The number of hydrogen-bond donors (Lipinski definition) is 0. The lowest BCUT2D eigenvalue weighted by atomic mass is 9.90. The third-order valence-electron chi connectivity index (χ3n) is 9.51. The average Bonchev–Trinajstić information content (AvgIpc) is 3.53. The van der Waals surface area contributed by atoms with Crippen molar-refractivity contribution in [3.05, 3.63) is 109 Å². The summed E-state index contributed by atoms with van der Waals surface area (Å²) in [5.74, 6) is 2.18. The number of rotatable bonds is 10. The van der Waals surface area contributed by atoms with Gasteiger partial charge in [0, 0.05) is 50.9 Å². The first kappa shape index (κ1) is 29.8. The number of ether oxygens (including phenoxy) is 3. The molecule has 4 aromatic rings. The first-order valence-electron chi connectivity index (χ1n) is 15.8. The fourth-order valence-electron chi connectivity index (χ4n) is 7.02. The highest BCUT2D eigenvalue weighted by molar-refractivity contribution is 7.95. The van der Waals surface area contributed by atoms with E-state index >= 15 is 0 Å². The van der Waals surface area contributed by atoms with Crippen molar-refractivity contribution in [1.29, 1.82) is 0 Å². The van der Waals surface area contributed by atoms with E-state index in [4.69, 9.17) is 19.0 Å². The van der Waals surface area contributed by atoms with Gasteiger partial charge in [0.15, 0.2) is 17.6 Å². The van der Waals surface area contributed by atoms with Crippen LogP contribution in [-0.2, 0) is 4.84 Å². The summed E-state index contributed by atoms with van der Waals surface area (Å²) in [4.78, 5) is 11.2. The van der Waals surface area contributed by atoms with Crippen LogP contribution < -0.4 is 30.1 Å². The molecule has 45 heavy (non-hydrogen) atoms. The molecule has 8 heteroatoms. The quantitative estimate of drug-likeness (QED) is 0.244. The number of benzene rings is 4. The lowest BCUT2D eigenvalue weighted by Crippen LogP contribution is -2.51. The minimum absolute atomic E-state index is 0.0272. The zero-order valence-electron chi connectivity index (χ0n) is 26.0. The van der Waals surface area contributed by atoms with Gasteiger partial charge in [-0.3, -0.25) is 9.80 Å². The topological polar surface area (TPSA) is 55.8 Å². The molecule has 3 aliphatic rings. The van der Waals surface area contributed by atoms with Crippen molar-refractivity contribution >= 4 is 28.9 Å². The molecule has 0 radical (unpaired) electrons. The summed E-state index contributed by atoms with van der Waals surface area (Å²) in [7, 11) is 1.45. The van der Waals surface area contributed by atoms with E-state index in [2.05, 4.69) is 106 Å². The zero-order chi connectivity index (χ0) is 30.6. The van der Waals surface area contributed by atoms with Crippen molar-refractivity contribution in [1.82, 2.24) is 9.80 Å². The smallest absolute Gasteiger partial charge is 0.164 e. The monoisotopic (exact) mass is 622 g/mol. The lowest BCUT2D eigenvalue weighted by Gasteiger charge is -2.37. The Balaban J connectivity index is 1.02. The minimum Gasteiger partial charge on any atom is -0.493 e. The fraction of sp³-hybridized carbons (Fsp3) is 0.324. The van der Waals surface area contributed by atoms with Crippen LogP contribution in [0.3, 0.4) is 0 Å². The molecule has 2 unspecified atom stereocenters. The summed E-state index contributed by atoms with van der Waals surface area (Å²) in [6, 6.07) is 37.4. The first-order chi connectivity index (χ1) is 22.2. The number of piperazine rings is 1. The van der Waals surface area contributed by atoms with E-state index < -0.39 is 7.26 Å². The maximum absolute atomic E-state index is 6.17. The average molecular weight is 623 g/mol. The van der Waals surface area contributed by atoms with E-state index in [-0.39, 0.29) is 12.0 Å². The van der Waals surface area contributed by atoms with E-state index in [9.17, 15) is 0 Å². The molecule has 1 fully saturated rings. The maximum atomic E-state index is 6.17. The summed E-state index contributed by atoms with van der Waals surface area (Å²) in [5.41, 5.74) is 1.88. The predicted molar refractivity (Wildman–Crippen MR) is 183 cm³/mol. The van der Waals surface area contributed by atoms with Crippen LogP contribution in [0.5, 0.6) is 17.2 Å². The molecule has 0 N–H and O–H groups in total. The van der Waals surface area contributed by atoms with Crippen LogP contribution in [-0.4, -0.2) is 87.9 Å². The molecule has 0 amide bonds. The van der Waals surface area contributed by atoms with Crippen LogP contribution >= 0.6 is 7.26 Å². The summed E-state index contributed by atoms with van der Waals surface area (Å²) in [6.07, 6.45) is 1.08. The third-order valence-corrected chi connectivity index (χ3v) is 13.9. The van der Waals surface area contributed by atoms with Gasteiger partial charge in [0.1, 0.15) is 41.2 Å². The standard InChI is InChI=1S/C37H41N3O4P/c1-41-34-24-31-33(25-35(34)42-2)43-27-32-36(44-38-37(31)32)26-40-20-18-39(19-21-40)22-23-45(28-12-6-3-7-13-28,29-14-8-4-9-15-29)30-16-10-5-11-17-30/h3-17,24-25,32,36H,18-23,26-27H2,1-2H3/q+1. The number of oxime groups is 1. The van der Waals surface area contributed by atoms with Gasteiger partial charge in [0.05, 0.1) is 26.3 Å². The second-order valence-corrected chi connectivity index (χ2v) is 15.5. The van der Waals surface area contributed by atoms with Gasteiger partial charge in [0.25, 0.3) is 0 Å². The SMILES string of the molecule is COc1cc2c(cc1OC)C1=NOC(CN3CCN(CC[P+](c4ccccc4)(c4ccccc4)c4ccccc4)CC3)C1CO2. The fourth-order valence-corrected chi connectivity index (χ4v) is 11.3. The molecule has 232 valence electrons. The van der Waals surface area contributed by atoms with E-state index in [0.717, 1.165) is 62.5 Å². The highest BCUT2D eigenvalue weighted by atomic mass is 31.2. The van der Waals surface area contributed by atoms with E-state index in [1.165, 1.54) is 15.9 Å². The Morgan fingerprint density at radius 1 is 0.733 bits per heavy atom. The van der Waals surface area contributed by atoms with E-state index in [1.54, 1.807) is 14.2 Å². The van der Waals surface area contributed by atoms with Crippen LogP contribution in [0.25, 0.3) is 0 Å². The van der Waals surface area contributed by atoms with Gasteiger partial charge >= 0.3 is 0 Å². The normalized spacial score (nSPS) is 19.9. The van der Waals surface area contributed by atoms with Crippen molar-refractivity contribution in [2.75, 3.05) is 66.3 Å². The second kappa shape index (κ2) is 13.2. The number of methoxy groups -OCH3 is 2. The maximum Gasteiger partial charge on any atom is 0.164 e. The Labute approximate surface area is 266 Å². The number of hydrogen-bond acceptors (Lipinski definition) is 7. The largest absolute Gasteiger partial charge is 0.493 e. The van der Waals surface area contributed by atoms with Gasteiger partial charge < -0.3 is 19.0 Å². The van der Waals surface area contributed by atoms with Crippen LogP contribution in [0, 0.1) is 5.92 Å². The van der Waals surface area contributed by atoms with Crippen LogP contribution in [0.4, 0.5) is 0 Å². The predicted octanol–water partition coefficient (Wildman–Crippen LogP) is 4.43. The van der Waals surface area contributed by atoms with E-state index in [1.807, 2.05) is 12.1 Å². The van der Waals surface area contributed by atoms with Crippen molar-refractivity contribution < 1.29 is 19.0 Å². The van der Waals surface area contributed by atoms with Crippen molar-refractivity contribution in [3.8, 4) is 17.2 Å². The minimum atomic E-state index is -1.83. The highest BCUT2D eigenvalue weighted by Gasteiger charge is 2.46. The lowest BCUT2D eigenvalue weighted by molar-refractivity contribution is 0.00981. The van der Waals surface area contributed by atoms with Gasteiger partial charge in [-0.1, -0.05) is 59.8 Å². The number of nitrogens with zero attached hydrogens (tertiary/aromatic N) is 3. The van der Waals surface area contributed by atoms with Gasteiger partial charge in [-0.25, -0.2) is 0 Å². The molecular formula is C37H41N3O4P+. The molecular weight excluding hydrogens is 581 g/mol. The number of fused-ring (bicyclic) bond motifs is 3. The van der Waals surface area contributed by atoms with Gasteiger partial charge in [-0.05, 0) is 42.5 Å². The Bertz CT molecular complexity index is 1510. The van der Waals surface area contributed by atoms with Crippen molar-refractivity contribution in [3.63, 3.8) is 0 Å². The molecule has 7 nitrogen and oxygen atoms in total. The summed E-state index contributed by atoms with van der Waals surface area (Å²) in [6.45, 7) is 6.56. The molecule has 4 aromatic carbocycles. The molecule has 0 aliphatic carbocycles. The van der Waals surface area contributed by atoms with Crippen molar-refractivity contribution in [2.45, 2.75) is 6.10 Å². The van der Waals surface area contributed by atoms with Gasteiger partial charge in [-0.2, -0.15) is 0 Å². The van der Waals surface area contributed by atoms with Crippen LogP contribution in [0.1, 0.15) is 5.56 Å². The van der Waals surface area contributed by atoms with Crippen LogP contribution in [0.2, 0.25) is 0 Å². The summed E-state index contributed by atoms with van der Waals surface area (Å²) in [5, 5.41) is 8.88. The third kappa shape index (κ3) is 5.81. The molecule has 2 atom stereocenters. The summed E-state index contributed by atoms with van der Waals surface area (Å²) >= 11 is 0. The molecule has 7 rings (SSSR count).